The number of nitrogens with one attached hydrogen (secondary N) is 2. The molecule has 2 aliphatic rings. The first-order valence-corrected chi connectivity index (χ1v) is 12.4. The Hall–Kier alpha value is -1.27. The Morgan fingerprint density at radius 1 is 1.23 bits per heavy atom. The van der Waals surface area contributed by atoms with E-state index in [-0.39, 0.29) is 35.1 Å². The number of rotatable bonds is 9. The molecule has 0 amide bonds. The van der Waals surface area contributed by atoms with Crippen molar-refractivity contribution < 1.29 is 17.9 Å². The van der Waals surface area contributed by atoms with Gasteiger partial charge in [-0.2, -0.15) is 0 Å². The minimum Gasteiger partial charge on any atom is -0.497 e. The van der Waals surface area contributed by atoms with Crippen molar-refractivity contribution in [1.82, 2.24) is 15.5 Å². The molecule has 3 rings (SSSR count). The molecule has 1 aromatic rings. The Kier molecular flexibility index (Phi) is 9.26. The molecule has 0 spiro atoms. The third-order valence-corrected chi connectivity index (χ3v) is 6.95. The van der Waals surface area contributed by atoms with Crippen molar-refractivity contribution in [2.75, 3.05) is 52.9 Å². The van der Waals surface area contributed by atoms with Gasteiger partial charge >= 0.3 is 0 Å². The molecule has 1 atom stereocenters. The molecule has 8 nitrogen and oxygen atoms in total. The van der Waals surface area contributed by atoms with E-state index < -0.39 is 9.84 Å². The topological polar surface area (TPSA) is 92.3 Å². The number of halogens is 1. The van der Waals surface area contributed by atoms with E-state index in [1.54, 1.807) is 21.3 Å². The summed E-state index contributed by atoms with van der Waals surface area (Å²) in [5.74, 6) is 2.58. The van der Waals surface area contributed by atoms with Gasteiger partial charge in [0.1, 0.15) is 21.3 Å². The molecule has 1 unspecified atom stereocenters. The van der Waals surface area contributed by atoms with Gasteiger partial charge in [0, 0.05) is 57.0 Å². The number of benzene rings is 1. The van der Waals surface area contributed by atoms with E-state index in [2.05, 4.69) is 20.5 Å². The van der Waals surface area contributed by atoms with Gasteiger partial charge in [-0.3, -0.25) is 9.89 Å². The zero-order valence-corrected chi connectivity index (χ0v) is 22.0. The van der Waals surface area contributed by atoms with E-state index in [4.69, 9.17) is 9.47 Å². The molecule has 1 aromatic carbocycles. The van der Waals surface area contributed by atoms with Gasteiger partial charge in [-0.25, -0.2) is 8.42 Å². The highest BCUT2D eigenvalue weighted by atomic mass is 127. The summed E-state index contributed by atoms with van der Waals surface area (Å²) < 4.78 is 34.0. The molecule has 0 bridgehead atoms. The van der Waals surface area contributed by atoms with Crippen molar-refractivity contribution in [2.45, 2.75) is 31.8 Å². The van der Waals surface area contributed by atoms with Crippen LogP contribution in [0.2, 0.25) is 0 Å². The van der Waals surface area contributed by atoms with Crippen molar-refractivity contribution in [2.24, 2.45) is 10.4 Å². The lowest BCUT2D eigenvalue weighted by Crippen LogP contribution is -2.46. The maximum Gasteiger partial charge on any atom is 0.191 e. The van der Waals surface area contributed by atoms with Crippen LogP contribution in [-0.2, 0) is 16.4 Å². The normalized spacial score (nSPS) is 20.6. The molecule has 2 fully saturated rings. The summed E-state index contributed by atoms with van der Waals surface area (Å²) in [6.07, 6.45) is 4.23. The van der Waals surface area contributed by atoms with Crippen molar-refractivity contribution >= 4 is 39.8 Å². The van der Waals surface area contributed by atoms with Crippen LogP contribution in [0.3, 0.4) is 0 Å². The van der Waals surface area contributed by atoms with Crippen LogP contribution < -0.4 is 20.1 Å². The number of ether oxygens (including phenoxy) is 2. The van der Waals surface area contributed by atoms with Gasteiger partial charge in [-0.1, -0.05) is 0 Å². The minimum absolute atomic E-state index is 0. The minimum atomic E-state index is -2.97. The van der Waals surface area contributed by atoms with Crippen LogP contribution in [0.25, 0.3) is 0 Å². The average molecular weight is 567 g/mol. The number of nitrogens with zero attached hydrogens (tertiary/aromatic N) is 2. The number of methoxy groups -OCH3 is 2. The molecule has 1 saturated heterocycles. The van der Waals surface area contributed by atoms with E-state index in [1.165, 1.54) is 6.26 Å². The van der Waals surface area contributed by atoms with Crippen molar-refractivity contribution in [3.05, 3.63) is 23.8 Å². The van der Waals surface area contributed by atoms with Crippen LogP contribution in [0.1, 0.15) is 24.8 Å². The van der Waals surface area contributed by atoms with Crippen LogP contribution in [0.5, 0.6) is 11.5 Å². The SMILES string of the molecule is CN=C(NCC1(CS(C)(=O)=O)CC1)NC1CCN(Cc2cc(OC)cc(OC)c2)C1.I. The summed E-state index contributed by atoms with van der Waals surface area (Å²) in [7, 11) is 2.11. The van der Waals surface area contributed by atoms with Gasteiger partial charge in [0.25, 0.3) is 0 Å². The second kappa shape index (κ2) is 11.0. The lowest BCUT2D eigenvalue weighted by atomic mass is 10.1. The standard InChI is InChI=1S/C21H34N4O4S.HI/c1-22-20(23-14-21(6-7-21)15-30(4,26)27)24-17-5-8-25(13-17)12-16-9-18(28-2)11-19(10-16)29-3;/h9-11,17H,5-8,12-15H2,1-4H3,(H2,22,23,24);1H. The Labute approximate surface area is 203 Å². The van der Waals surface area contributed by atoms with Gasteiger partial charge in [0.05, 0.1) is 20.0 Å². The number of hydrogen-bond donors (Lipinski definition) is 2. The average Bonchev–Trinajstić information content (AvgIpc) is 3.31. The molecular weight excluding hydrogens is 531 g/mol. The Balaban J connectivity index is 0.00000341. The summed E-state index contributed by atoms with van der Waals surface area (Å²) in [5, 5.41) is 6.83. The second-order valence-corrected chi connectivity index (χ2v) is 10.7. The van der Waals surface area contributed by atoms with Crippen LogP contribution in [0.4, 0.5) is 0 Å². The zero-order valence-electron chi connectivity index (χ0n) is 18.8. The highest BCUT2D eigenvalue weighted by molar-refractivity contribution is 14.0. The molecular formula is C21H35IN4O4S. The monoisotopic (exact) mass is 566 g/mol. The number of guanidine groups is 1. The van der Waals surface area contributed by atoms with Crippen LogP contribution in [0, 0.1) is 5.41 Å². The third kappa shape index (κ3) is 7.98. The molecule has 0 radical (unpaired) electrons. The number of aliphatic imine (C=N–C) groups is 1. The first-order valence-electron chi connectivity index (χ1n) is 10.3. The van der Waals surface area contributed by atoms with E-state index in [9.17, 15) is 8.42 Å². The molecule has 1 aliphatic carbocycles. The molecule has 1 saturated carbocycles. The number of likely N-dealkylation sites (tertiary alicyclic amines) is 1. The predicted octanol–water partition coefficient (Wildman–Crippen LogP) is 1.89. The summed E-state index contributed by atoms with van der Waals surface area (Å²) in [6.45, 7) is 3.37. The van der Waals surface area contributed by atoms with Crippen LogP contribution in [0.15, 0.2) is 23.2 Å². The fourth-order valence-electron chi connectivity index (χ4n) is 4.07. The van der Waals surface area contributed by atoms with Crippen molar-refractivity contribution in [3.63, 3.8) is 0 Å². The summed E-state index contributed by atoms with van der Waals surface area (Å²) in [5.41, 5.74) is 1.03. The Morgan fingerprint density at radius 2 is 1.87 bits per heavy atom. The van der Waals surface area contributed by atoms with Gasteiger partial charge in [-0.05, 0) is 37.0 Å². The first-order chi connectivity index (χ1) is 14.2. The number of sulfone groups is 1. The molecule has 2 N–H and O–H groups in total. The fraction of sp³-hybridized carbons (Fsp3) is 0.667. The molecule has 176 valence electrons. The van der Waals surface area contributed by atoms with E-state index >= 15 is 0 Å². The molecule has 1 aliphatic heterocycles. The second-order valence-electron chi connectivity index (χ2n) is 8.58. The lowest BCUT2D eigenvalue weighted by molar-refractivity contribution is 0.321. The van der Waals surface area contributed by atoms with E-state index in [1.807, 2.05) is 18.2 Å². The highest BCUT2D eigenvalue weighted by Gasteiger charge is 2.45. The van der Waals surface area contributed by atoms with Gasteiger partial charge in [0.15, 0.2) is 5.96 Å². The third-order valence-electron chi connectivity index (χ3n) is 5.81. The Bertz CT molecular complexity index is 852. The fourth-order valence-corrected chi connectivity index (χ4v) is 5.58. The maximum absolute atomic E-state index is 11.7. The van der Waals surface area contributed by atoms with Gasteiger partial charge < -0.3 is 20.1 Å². The smallest absolute Gasteiger partial charge is 0.191 e. The van der Waals surface area contributed by atoms with Gasteiger partial charge in [-0.15, -0.1) is 24.0 Å². The lowest BCUT2D eigenvalue weighted by Gasteiger charge is -2.21. The quantitative estimate of drug-likeness (QED) is 0.268. The predicted molar refractivity (Wildman–Crippen MR) is 135 cm³/mol. The maximum atomic E-state index is 11.7. The van der Waals surface area contributed by atoms with E-state index in [0.29, 0.717) is 12.6 Å². The van der Waals surface area contributed by atoms with Crippen molar-refractivity contribution in [3.8, 4) is 11.5 Å². The van der Waals surface area contributed by atoms with Crippen LogP contribution in [-0.4, -0.2) is 78.2 Å². The summed E-state index contributed by atoms with van der Waals surface area (Å²) >= 11 is 0. The van der Waals surface area contributed by atoms with Gasteiger partial charge in [0.2, 0.25) is 0 Å². The van der Waals surface area contributed by atoms with E-state index in [0.717, 1.165) is 61.9 Å². The zero-order chi connectivity index (χ0) is 21.8. The molecule has 31 heavy (non-hydrogen) atoms. The summed E-state index contributed by atoms with van der Waals surface area (Å²) in [4.78, 5) is 6.72. The first kappa shape index (κ1) is 26.0. The molecule has 1 heterocycles. The van der Waals surface area contributed by atoms with Crippen LogP contribution >= 0.6 is 24.0 Å². The largest absolute Gasteiger partial charge is 0.497 e. The summed E-state index contributed by atoms with van der Waals surface area (Å²) in [6, 6.07) is 6.26. The number of hydrogen-bond acceptors (Lipinski definition) is 6. The highest BCUT2D eigenvalue weighted by Crippen LogP contribution is 2.46. The van der Waals surface area contributed by atoms with Crippen molar-refractivity contribution in [1.29, 1.82) is 0 Å². The molecule has 10 heteroatoms. The Morgan fingerprint density at radius 3 is 2.39 bits per heavy atom. The molecule has 0 aromatic heterocycles.